The Morgan fingerprint density at radius 2 is 1.64 bits per heavy atom. The Balaban J connectivity index is 3.37. The second kappa shape index (κ2) is 8.14. The number of carbonyl (C=O) groups is 3. The first-order valence-electron chi connectivity index (χ1n) is 9.88. The summed E-state index contributed by atoms with van der Waals surface area (Å²) in [6, 6.07) is -0.775. The summed E-state index contributed by atoms with van der Waals surface area (Å²) in [7, 11) is -2.42. The SMILES string of the molecule is CCOC(=O)[C@@](C)(O[Si](C)(C)C(C)(C)C)[C@@H]1CCC(=O)N1C(=O)OC(C)(C)C. The first-order valence-corrected chi connectivity index (χ1v) is 12.8. The van der Waals surface area contributed by atoms with Gasteiger partial charge in [-0.3, -0.25) is 4.79 Å². The van der Waals surface area contributed by atoms with E-state index in [1.165, 1.54) is 0 Å². The molecule has 1 aliphatic rings. The van der Waals surface area contributed by atoms with Crippen molar-refractivity contribution in [1.82, 2.24) is 4.90 Å². The molecular formula is C20H37NO6Si. The summed E-state index contributed by atoms with van der Waals surface area (Å²) >= 11 is 0. The van der Waals surface area contributed by atoms with E-state index in [-0.39, 0.29) is 24.0 Å². The number of nitrogens with zero attached hydrogens (tertiary/aromatic N) is 1. The Labute approximate surface area is 170 Å². The minimum Gasteiger partial charge on any atom is -0.464 e. The van der Waals surface area contributed by atoms with E-state index >= 15 is 0 Å². The molecule has 7 nitrogen and oxygen atoms in total. The van der Waals surface area contributed by atoms with Crippen LogP contribution in [-0.2, 0) is 23.5 Å². The topological polar surface area (TPSA) is 82.1 Å². The monoisotopic (exact) mass is 415 g/mol. The standard InChI is InChI=1S/C20H37NO6Si/c1-11-25-16(23)20(8,27-28(9,10)19(5,6)7)14-12-13-15(22)21(14)17(24)26-18(2,3)4/h14H,11-13H2,1-10H3/t14-,20-/m0/s1. The van der Waals surface area contributed by atoms with Crippen molar-refractivity contribution in [1.29, 1.82) is 0 Å². The predicted octanol–water partition coefficient (Wildman–Crippen LogP) is 4.26. The number of carbonyl (C=O) groups excluding carboxylic acids is 3. The first-order chi connectivity index (χ1) is 12.5. The predicted molar refractivity (Wildman–Crippen MR) is 109 cm³/mol. The summed E-state index contributed by atoms with van der Waals surface area (Å²) in [5, 5.41) is -0.167. The van der Waals surface area contributed by atoms with Crippen LogP contribution in [0.2, 0.25) is 18.1 Å². The van der Waals surface area contributed by atoms with Crippen LogP contribution < -0.4 is 0 Å². The number of hydrogen-bond donors (Lipinski definition) is 0. The zero-order valence-electron chi connectivity index (χ0n) is 19.1. The van der Waals surface area contributed by atoms with Crippen LogP contribution in [0.1, 0.15) is 68.2 Å². The van der Waals surface area contributed by atoms with Gasteiger partial charge >= 0.3 is 12.1 Å². The van der Waals surface area contributed by atoms with Gasteiger partial charge in [0.15, 0.2) is 13.9 Å². The Morgan fingerprint density at radius 1 is 1.11 bits per heavy atom. The summed E-state index contributed by atoms with van der Waals surface area (Å²) in [4.78, 5) is 39.3. The lowest BCUT2D eigenvalue weighted by Crippen LogP contribution is -2.62. The molecule has 0 aromatic rings. The van der Waals surface area contributed by atoms with Crippen molar-refractivity contribution in [3.8, 4) is 0 Å². The minimum atomic E-state index is -2.42. The van der Waals surface area contributed by atoms with Gasteiger partial charge < -0.3 is 13.9 Å². The number of esters is 1. The highest BCUT2D eigenvalue weighted by Gasteiger charge is 2.57. The fourth-order valence-corrected chi connectivity index (χ4v) is 4.53. The van der Waals surface area contributed by atoms with Gasteiger partial charge in [-0.2, -0.15) is 0 Å². The van der Waals surface area contributed by atoms with Crippen LogP contribution >= 0.6 is 0 Å². The van der Waals surface area contributed by atoms with Crippen LogP contribution in [0, 0.1) is 0 Å². The van der Waals surface area contributed by atoms with E-state index in [0.29, 0.717) is 6.42 Å². The van der Waals surface area contributed by atoms with E-state index in [0.717, 1.165) is 4.90 Å². The Hall–Kier alpha value is -1.41. The van der Waals surface area contributed by atoms with Gasteiger partial charge in [0, 0.05) is 6.42 Å². The molecule has 1 heterocycles. The molecule has 1 rings (SSSR count). The Bertz CT molecular complexity index is 619. The molecule has 2 amide bonds. The third-order valence-electron chi connectivity index (χ3n) is 5.39. The summed E-state index contributed by atoms with van der Waals surface area (Å²) < 4.78 is 17.2. The van der Waals surface area contributed by atoms with Crippen molar-refractivity contribution in [2.24, 2.45) is 0 Å². The first kappa shape index (κ1) is 24.6. The minimum absolute atomic E-state index is 0.153. The molecule has 0 radical (unpaired) electrons. The molecule has 28 heavy (non-hydrogen) atoms. The number of hydrogen-bond acceptors (Lipinski definition) is 6. The normalized spacial score (nSPS) is 20.7. The molecule has 0 aromatic heterocycles. The van der Waals surface area contributed by atoms with Crippen LogP contribution in [0.25, 0.3) is 0 Å². The molecule has 0 spiro atoms. The molecule has 0 aromatic carbocycles. The van der Waals surface area contributed by atoms with Gasteiger partial charge in [0.1, 0.15) is 5.60 Å². The van der Waals surface area contributed by atoms with E-state index in [4.69, 9.17) is 13.9 Å². The van der Waals surface area contributed by atoms with Crippen molar-refractivity contribution < 1.29 is 28.3 Å². The zero-order chi connectivity index (χ0) is 22.1. The van der Waals surface area contributed by atoms with Gasteiger partial charge in [0.05, 0.1) is 12.6 Å². The number of ether oxygens (including phenoxy) is 2. The van der Waals surface area contributed by atoms with Gasteiger partial charge in [0.2, 0.25) is 5.91 Å². The molecular weight excluding hydrogens is 378 g/mol. The maximum absolute atomic E-state index is 13.0. The van der Waals surface area contributed by atoms with E-state index in [1.807, 2.05) is 13.1 Å². The van der Waals surface area contributed by atoms with Gasteiger partial charge in [-0.1, -0.05) is 20.8 Å². The summed E-state index contributed by atoms with van der Waals surface area (Å²) in [5.74, 6) is -0.929. The number of amides is 2. The molecule has 162 valence electrons. The smallest absolute Gasteiger partial charge is 0.417 e. The van der Waals surface area contributed by atoms with Gasteiger partial charge in [-0.05, 0) is 59.2 Å². The van der Waals surface area contributed by atoms with E-state index < -0.39 is 37.6 Å². The molecule has 0 saturated carbocycles. The Morgan fingerprint density at radius 3 is 2.07 bits per heavy atom. The third-order valence-corrected chi connectivity index (χ3v) is 9.94. The molecule has 1 saturated heterocycles. The van der Waals surface area contributed by atoms with Gasteiger partial charge in [-0.25, -0.2) is 14.5 Å². The van der Waals surface area contributed by atoms with Crippen molar-refractivity contribution in [3.63, 3.8) is 0 Å². The molecule has 0 aliphatic carbocycles. The molecule has 0 bridgehead atoms. The quantitative estimate of drug-likeness (QED) is 0.493. The molecule has 2 atom stereocenters. The van der Waals surface area contributed by atoms with Crippen molar-refractivity contribution in [2.75, 3.05) is 6.61 Å². The highest BCUT2D eigenvalue weighted by atomic mass is 28.4. The van der Waals surface area contributed by atoms with Crippen LogP contribution in [0.15, 0.2) is 0 Å². The van der Waals surface area contributed by atoms with Gasteiger partial charge in [0.25, 0.3) is 0 Å². The van der Waals surface area contributed by atoms with Crippen molar-refractivity contribution in [2.45, 2.75) is 104 Å². The molecule has 0 unspecified atom stereocenters. The number of rotatable bonds is 5. The van der Waals surface area contributed by atoms with Crippen molar-refractivity contribution in [3.05, 3.63) is 0 Å². The van der Waals surface area contributed by atoms with E-state index in [1.54, 1.807) is 34.6 Å². The second-order valence-corrected chi connectivity index (χ2v) is 14.7. The summed E-state index contributed by atoms with van der Waals surface area (Å²) in [6.45, 7) is 19.0. The third kappa shape index (κ3) is 5.35. The molecule has 1 aliphatic heterocycles. The zero-order valence-corrected chi connectivity index (χ0v) is 20.1. The fourth-order valence-electron chi connectivity index (χ4n) is 2.95. The maximum atomic E-state index is 13.0. The van der Waals surface area contributed by atoms with E-state index in [2.05, 4.69) is 20.8 Å². The Kier molecular flexibility index (Phi) is 7.16. The van der Waals surface area contributed by atoms with Crippen LogP contribution in [0.3, 0.4) is 0 Å². The van der Waals surface area contributed by atoms with Gasteiger partial charge in [-0.15, -0.1) is 0 Å². The number of likely N-dealkylation sites (tertiary alicyclic amines) is 1. The average Bonchev–Trinajstić information content (AvgIpc) is 2.86. The fraction of sp³-hybridized carbons (Fsp3) is 0.850. The van der Waals surface area contributed by atoms with Crippen LogP contribution in [-0.4, -0.2) is 55.0 Å². The average molecular weight is 416 g/mol. The lowest BCUT2D eigenvalue weighted by molar-refractivity contribution is -0.167. The highest BCUT2D eigenvalue weighted by Crippen LogP contribution is 2.42. The molecule has 1 fully saturated rings. The maximum Gasteiger partial charge on any atom is 0.417 e. The van der Waals surface area contributed by atoms with E-state index in [9.17, 15) is 14.4 Å². The molecule has 8 heteroatoms. The molecule has 0 N–H and O–H groups in total. The summed E-state index contributed by atoms with van der Waals surface area (Å²) in [5.41, 5.74) is -2.22. The lowest BCUT2D eigenvalue weighted by Gasteiger charge is -2.46. The largest absolute Gasteiger partial charge is 0.464 e. The lowest BCUT2D eigenvalue weighted by atomic mass is 9.94. The van der Waals surface area contributed by atoms with Crippen LogP contribution in [0.4, 0.5) is 4.79 Å². The highest BCUT2D eigenvalue weighted by molar-refractivity contribution is 6.74. The summed E-state index contributed by atoms with van der Waals surface area (Å²) in [6.07, 6.45) is -0.281. The van der Waals surface area contributed by atoms with Crippen molar-refractivity contribution >= 4 is 26.3 Å². The second-order valence-electron chi connectivity index (χ2n) is 9.99. The number of imide groups is 1. The van der Waals surface area contributed by atoms with Crippen LogP contribution in [0.5, 0.6) is 0 Å².